The van der Waals surface area contributed by atoms with Crippen molar-refractivity contribution < 1.29 is 24.2 Å². The van der Waals surface area contributed by atoms with E-state index in [1.54, 1.807) is 13.1 Å². The van der Waals surface area contributed by atoms with Gasteiger partial charge in [-0.25, -0.2) is 0 Å². The topological polar surface area (TPSA) is 85.7 Å². The highest BCUT2D eigenvalue weighted by molar-refractivity contribution is 5.73. The summed E-state index contributed by atoms with van der Waals surface area (Å²) < 4.78 is 11.2. The maximum absolute atomic E-state index is 12.5. The average molecular weight is 534 g/mol. The van der Waals surface area contributed by atoms with Crippen LogP contribution in [0.15, 0.2) is 6.20 Å². The highest BCUT2D eigenvalue weighted by Gasteiger charge is 2.18. The average Bonchev–Trinajstić information content (AvgIpc) is 2.91. The van der Waals surface area contributed by atoms with Gasteiger partial charge in [0.05, 0.1) is 12.3 Å². The Labute approximate surface area is 232 Å². The van der Waals surface area contributed by atoms with Crippen LogP contribution in [0.3, 0.4) is 0 Å². The van der Waals surface area contributed by atoms with Crippen molar-refractivity contribution in [1.29, 1.82) is 0 Å². The van der Waals surface area contributed by atoms with Gasteiger partial charge >= 0.3 is 11.9 Å². The van der Waals surface area contributed by atoms with Gasteiger partial charge in [0.25, 0.3) is 0 Å². The number of hydrogen-bond donors (Lipinski definition) is 1. The molecule has 0 spiro atoms. The minimum atomic E-state index is -0.310. The number of aliphatic hydroxyl groups excluding tert-OH is 1. The number of pyridine rings is 1. The molecule has 0 aliphatic carbocycles. The van der Waals surface area contributed by atoms with E-state index in [-0.39, 0.29) is 25.2 Å². The minimum Gasteiger partial charge on any atom is -0.461 e. The van der Waals surface area contributed by atoms with Crippen LogP contribution in [0.1, 0.15) is 159 Å². The van der Waals surface area contributed by atoms with Gasteiger partial charge in [-0.1, -0.05) is 117 Å². The summed E-state index contributed by atoms with van der Waals surface area (Å²) >= 11 is 0. The van der Waals surface area contributed by atoms with E-state index in [2.05, 4.69) is 18.8 Å². The molecule has 38 heavy (non-hydrogen) atoms. The third-order valence-corrected chi connectivity index (χ3v) is 7.14. The molecule has 0 bridgehead atoms. The molecule has 6 heteroatoms. The molecule has 0 atom stereocenters. The van der Waals surface area contributed by atoms with E-state index in [0.29, 0.717) is 35.4 Å². The number of hydrogen-bond acceptors (Lipinski definition) is 6. The van der Waals surface area contributed by atoms with Gasteiger partial charge in [0.1, 0.15) is 6.61 Å². The molecule has 0 saturated heterocycles. The van der Waals surface area contributed by atoms with Gasteiger partial charge in [-0.05, 0) is 19.8 Å². The molecular weight excluding hydrogens is 478 g/mol. The number of ether oxygens (including phenoxy) is 2. The Kier molecular flexibility index (Phi) is 20.6. The molecule has 6 nitrogen and oxygen atoms in total. The van der Waals surface area contributed by atoms with Crippen LogP contribution in [0.4, 0.5) is 0 Å². The molecule has 0 unspecified atom stereocenters. The maximum atomic E-state index is 12.5. The number of rotatable bonds is 24. The first kappa shape index (κ1) is 34.1. The zero-order valence-electron chi connectivity index (χ0n) is 24.7. The van der Waals surface area contributed by atoms with Crippen molar-refractivity contribution in [2.24, 2.45) is 0 Å². The lowest BCUT2D eigenvalue weighted by atomic mass is 10.1. The highest BCUT2D eigenvalue weighted by Crippen LogP contribution is 2.27. The lowest BCUT2D eigenvalue weighted by Gasteiger charge is -2.16. The van der Waals surface area contributed by atoms with Crippen LogP contribution in [0.25, 0.3) is 0 Å². The summed E-state index contributed by atoms with van der Waals surface area (Å²) in [5, 5.41) is 9.80. The molecule has 218 valence electrons. The third kappa shape index (κ3) is 16.1. The van der Waals surface area contributed by atoms with Gasteiger partial charge in [0, 0.05) is 30.2 Å². The van der Waals surface area contributed by atoms with Crippen molar-refractivity contribution in [3.05, 3.63) is 23.0 Å². The number of carbonyl (C=O) groups is 2. The fourth-order valence-corrected chi connectivity index (χ4v) is 4.66. The Hall–Kier alpha value is -1.95. The first-order chi connectivity index (χ1) is 18.5. The molecule has 0 aliphatic heterocycles. The van der Waals surface area contributed by atoms with Gasteiger partial charge in [-0.15, -0.1) is 0 Å². The second kappa shape index (κ2) is 23.0. The molecule has 1 aromatic rings. The lowest BCUT2D eigenvalue weighted by Crippen LogP contribution is -2.14. The van der Waals surface area contributed by atoms with Crippen LogP contribution in [0.5, 0.6) is 5.75 Å². The normalized spacial score (nSPS) is 11.1. The molecule has 1 heterocycles. The fourth-order valence-electron chi connectivity index (χ4n) is 4.66. The van der Waals surface area contributed by atoms with Crippen molar-refractivity contribution in [1.82, 2.24) is 4.98 Å². The maximum Gasteiger partial charge on any atom is 0.311 e. The van der Waals surface area contributed by atoms with Crippen LogP contribution in [-0.4, -0.2) is 22.0 Å². The Morgan fingerprint density at radius 2 is 1.16 bits per heavy atom. The van der Waals surface area contributed by atoms with Crippen molar-refractivity contribution >= 4 is 11.9 Å². The molecule has 0 aliphatic rings. The zero-order chi connectivity index (χ0) is 27.8. The SMILES string of the molecule is CCCCCCCCCCCC(=O)OCc1c(CO)cnc(C)c1OC(=O)CCCCCCCCCCC. The van der Waals surface area contributed by atoms with Gasteiger partial charge in [-0.2, -0.15) is 0 Å². The van der Waals surface area contributed by atoms with E-state index in [4.69, 9.17) is 9.47 Å². The van der Waals surface area contributed by atoms with E-state index in [0.717, 1.165) is 38.5 Å². The number of unbranched alkanes of at least 4 members (excludes halogenated alkanes) is 16. The molecule has 0 radical (unpaired) electrons. The van der Waals surface area contributed by atoms with Gasteiger partial charge in [0.15, 0.2) is 5.75 Å². The molecule has 1 aromatic heterocycles. The van der Waals surface area contributed by atoms with Crippen molar-refractivity contribution in [3.63, 3.8) is 0 Å². The fraction of sp³-hybridized carbons (Fsp3) is 0.781. The molecule has 0 amide bonds. The molecular formula is C32H55NO5. The minimum absolute atomic E-state index is 0.0316. The number of aliphatic hydroxyl groups is 1. The van der Waals surface area contributed by atoms with Crippen LogP contribution < -0.4 is 4.74 Å². The highest BCUT2D eigenvalue weighted by atomic mass is 16.5. The summed E-state index contributed by atoms with van der Waals surface area (Å²) in [6.45, 7) is 5.92. The first-order valence-electron chi connectivity index (χ1n) is 15.5. The summed E-state index contributed by atoms with van der Waals surface area (Å²) in [7, 11) is 0. The number of esters is 2. The van der Waals surface area contributed by atoms with Crippen molar-refractivity contribution in [2.45, 2.75) is 162 Å². The standard InChI is InChI=1S/C32H55NO5/c1-4-6-8-10-12-14-16-18-20-22-30(35)37-26-29-28(25-34)24-33-27(3)32(29)38-31(36)23-21-19-17-15-13-11-9-7-5-2/h24,34H,4-23,25-26H2,1-3H3. The van der Waals surface area contributed by atoms with E-state index < -0.39 is 0 Å². The monoisotopic (exact) mass is 533 g/mol. The number of nitrogens with zero attached hydrogens (tertiary/aromatic N) is 1. The van der Waals surface area contributed by atoms with Gasteiger partial charge in [-0.3, -0.25) is 14.6 Å². The summed E-state index contributed by atoms with van der Waals surface area (Å²) in [4.78, 5) is 29.1. The Bertz CT molecular complexity index is 764. The first-order valence-corrected chi connectivity index (χ1v) is 15.5. The zero-order valence-corrected chi connectivity index (χ0v) is 24.7. The molecule has 0 aromatic carbocycles. The summed E-state index contributed by atoms with van der Waals surface area (Å²) in [6.07, 6.45) is 23.6. The van der Waals surface area contributed by atoms with Crippen LogP contribution in [-0.2, 0) is 27.5 Å². The van der Waals surface area contributed by atoms with E-state index in [9.17, 15) is 14.7 Å². The van der Waals surface area contributed by atoms with Crippen molar-refractivity contribution in [3.8, 4) is 5.75 Å². The second-order valence-electron chi connectivity index (χ2n) is 10.6. The predicted molar refractivity (Wildman–Crippen MR) is 154 cm³/mol. The lowest BCUT2D eigenvalue weighted by molar-refractivity contribution is -0.145. The largest absolute Gasteiger partial charge is 0.461 e. The van der Waals surface area contributed by atoms with Crippen LogP contribution in [0, 0.1) is 6.92 Å². The van der Waals surface area contributed by atoms with Gasteiger partial charge < -0.3 is 14.6 Å². The second-order valence-corrected chi connectivity index (χ2v) is 10.6. The number of aryl methyl sites for hydroxylation is 1. The molecule has 1 rings (SSSR count). The Morgan fingerprint density at radius 3 is 1.63 bits per heavy atom. The van der Waals surface area contributed by atoms with Crippen LogP contribution in [0.2, 0.25) is 0 Å². The summed E-state index contributed by atoms with van der Waals surface area (Å²) in [5.74, 6) is -0.262. The predicted octanol–water partition coefficient (Wildman–Crippen LogP) is 8.67. The van der Waals surface area contributed by atoms with Crippen molar-refractivity contribution in [2.75, 3.05) is 0 Å². The van der Waals surface area contributed by atoms with Gasteiger partial charge in [0.2, 0.25) is 0 Å². The molecule has 1 N–H and O–H groups in total. The smallest absolute Gasteiger partial charge is 0.311 e. The number of aromatic nitrogens is 1. The molecule has 0 fully saturated rings. The quantitative estimate of drug-likeness (QED) is 0.106. The third-order valence-electron chi connectivity index (χ3n) is 7.14. The Balaban J connectivity index is 2.40. The Morgan fingerprint density at radius 1 is 0.711 bits per heavy atom. The summed E-state index contributed by atoms with van der Waals surface area (Å²) in [5.41, 5.74) is 1.59. The molecule has 0 saturated carbocycles. The van der Waals surface area contributed by atoms with E-state index >= 15 is 0 Å². The number of carbonyl (C=O) groups excluding carboxylic acids is 2. The van der Waals surface area contributed by atoms with E-state index in [1.807, 2.05) is 0 Å². The van der Waals surface area contributed by atoms with Crippen LogP contribution >= 0.6 is 0 Å². The van der Waals surface area contributed by atoms with E-state index in [1.165, 1.54) is 77.0 Å². The summed E-state index contributed by atoms with van der Waals surface area (Å²) in [6, 6.07) is 0.